The van der Waals surface area contributed by atoms with Gasteiger partial charge in [0.15, 0.2) is 0 Å². The summed E-state index contributed by atoms with van der Waals surface area (Å²) in [6.07, 6.45) is 1.72. The molecule has 0 aromatic carbocycles. The second-order valence-electron chi connectivity index (χ2n) is 4.77. The third kappa shape index (κ3) is 3.65. The van der Waals surface area contributed by atoms with Crippen LogP contribution in [0.15, 0.2) is 0 Å². The predicted molar refractivity (Wildman–Crippen MR) is 51.9 cm³/mol. The second kappa shape index (κ2) is 3.58. The monoisotopic (exact) mass is 206 g/mol. The molecule has 1 unspecified atom stereocenters. The van der Waals surface area contributed by atoms with Crippen LogP contribution in [0.3, 0.4) is 0 Å². The van der Waals surface area contributed by atoms with Crippen molar-refractivity contribution in [1.29, 1.82) is 0 Å². The molecule has 0 bridgehead atoms. The molecule has 0 radical (unpaired) electrons. The maximum atomic E-state index is 11.2. The highest BCUT2D eigenvalue weighted by Crippen LogP contribution is 2.32. The Balaban J connectivity index is 2.73. The normalized spacial score (nSPS) is 33.3. The quantitative estimate of drug-likeness (QED) is 0.567. The summed E-state index contributed by atoms with van der Waals surface area (Å²) >= 11 is 0. The van der Waals surface area contributed by atoms with Crippen LogP contribution >= 0.6 is 0 Å². The molecule has 0 aromatic heterocycles. The van der Waals surface area contributed by atoms with Gasteiger partial charge in [0, 0.05) is 0 Å². The standard InChI is InChI=1S/C9H18O3S/c1-8-6-9(2,3)4-5-13(10,11)12-7-8/h8H,4-7H2,1-3H3. The van der Waals surface area contributed by atoms with Crippen molar-refractivity contribution in [3.63, 3.8) is 0 Å². The lowest BCUT2D eigenvalue weighted by molar-refractivity contribution is 0.181. The van der Waals surface area contributed by atoms with Crippen molar-refractivity contribution in [1.82, 2.24) is 0 Å². The van der Waals surface area contributed by atoms with Crippen LogP contribution in [0.25, 0.3) is 0 Å². The lowest BCUT2D eigenvalue weighted by Gasteiger charge is -2.30. The lowest BCUT2D eigenvalue weighted by Crippen LogP contribution is -2.27. The summed E-state index contributed by atoms with van der Waals surface area (Å²) in [5, 5.41) is 0. The summed E-state index contributed by atoms with van der Waals surface area (Å²) in [5.74, 6) is 0.484. The fourth-order valence-corrected chi connectivity index (χ4v) is 3.14. The third-order valence-corrected chi connectivity index (χ3v) is 3.66. The molecular weight excluding hydrogens is 188 g/mol. The molecule has 13 heavy (non-hydrogen) atoms. The van der Waals surface area contributed by atoms with E-state index in [1.807, 2.05) is 6.92 Å². The van der Waals surface area contributed by atoms with Crippen LogP contribution in [0.2, 0.25) is 0 Å². The van der Waals surface area contributed by atoms with Gasteiger partial charge in [0.1, 0.15) is 0 Å². The van der Waals surface area contributed by atoms with Gasteiger partial charge in [-0.25, -0.2) is 0 Å². The van der Waals surface area contributed by atoms with E-state index in [1.165, 1.54) is 0 Å². The predicted octanol–water partition coefficient (Wildman–Crippen LogP) is 1.79. The molecule has 1 aliphatic rings. The fraction of sp³-hybridized carbons (Fsp3) is 1.00. The SMILES string of the molecule is CC1COS(=O)(=O)CCC(C)(C)C1. The maximum Gasteiger partial charge on any atom is 0.267 e. The minimum atomic E-state index is -3.25. The second-order valence-corrected chi connectivity index (χ2v) is 6.53. The van der Waals surface area contributed by atoms with Crippen LogP contribution in [0.4, 0.5) is 0 Å². The van der Waals surface area contributed by atoms with E-state index in [9.17, 15) is 8.42 Å². The Bertz CT molecular complexity index is 267. The van der Waals surface area contributed by atoms with Crippen LogP contribution < -0.4 is 0 Å². The molecule has 1 fully saturated rings. The Morgan fingerprint density at radius 1 is 1.38 bits per heavy atom. The smallest absolute Gasteiger partial charge is 0.267 e. The van der Waals surface area contributed by atoms with E-state index in [0.29, 0.717) is 18.9 Å². The number of hydrogen-bond acceptors (Lipinski definition) is 3. The Morgan fingerprint density at radius 3 is 2.62 bits per heavy atom. The highest BCUT2D eigenvalue weighted by Gasteiger charge is 2.28. The molecule has 0 spiro atoms. The van der Waals surface area contributed by atoms with Crippen LogP contribution in [-0.2, 0) is 14.3 Å². The molecule has 1 heterocycles. The minimum absolute atomic E-state index is 0.121. The van der Waals surface area contributed by atoms with E-state index < -0.39 is 10.1 Å². The molecule has 0 saturated carbocycles. The van der Waals surface area contributed by atoms with Gasteiger partial charge < -0.3 is 0 Å². The first-order valence-corrected chi connectivity index (χ1v) is 6.26. The maximum absolute atomic E-state index is 11.2. The first-order chi connectivity index (χ1) is 5.81. The molecule has 78 valence electrons. The molecular formula is C9H18O3S. The van der Waals surface area contributed by atoms with Crippen molar-refractivity contribution in [2.45, 2.75) is 33.6 Å². The van der Waals surface area contributed by atoms with E-state index in [4.69, 9.17) is 4.18 Å². The van der Waals surface area contributed by atoms with Gasteiger partial charge in [0.25, 0.3) is 10.1 Å². The Hall–Kier alpha value is -0.0900. The molecule has 1 saturated heterocycles. The van der Waals surface area contributed by atoms with E-state index >= 15 is 0 Å². The van der Waals surface area contributed by atoms with Crippen LogP contribution in [-0.4, -0.2) is 20.8 Å². The molecule has 0 amide bonds. The molecule has 0 aromatic rings. The molecule has 3 nitrogen and oxygen atoms in total. The number of rotatable bonds is 0. The summed E-state index contributed by atoms with van der Waals surface area (Å²) < 4.78 is 27.3. The van der Waals surface area contributed by atoms with Gasteiger partial charge in [-0.15, -0.1) is 0 Å². The van der Waals surface area contributed by atoms with Crippen LogP contribution in [0, 0.1) is 11.3 Å². The first-order valence-electron chi connectivity index (χ1n) is 4.68. The Kier molecular flexibility index (Phi) is 3.02. The number of hydrogen-bond donors (Lipinski definition) is 0. The van der Waals surface area contributed by atoms with Gasteiger partial charge in [-0.1, -0.05) is 20.8 Å². The van der Waals surface area contributed by atoms with E-state index in [0.717, 1.165) is 6.42 Å². The van der Waals surface area contributed by atoms with Crippen LogP contribution in [0.5, 0.6) is 0 Å². The first kappa shape index (κ1) is 11.0. The molecule has 4 heteroatoms. The summed E-state index contributed by atoms with van der Waals surface area (Å²) in [6.45, 7) is 6.60. The zero-order valence-corrected chi connectivity index (χ0v) is 9.36. The highest BCUT2D eigenvalue weighted by molar-refractivity contribution is 7.86. The Morgan fingerprint density at radius 2 is 2.00 bits per heavy atom. The Labute approximate surface area is 80.6 Å². The zero-order chi connectivity index (χ0) is 10.1. The van der Waals surface area contributed by atoms with E-state index in [1.54, 1.807) is 0 Å². The van der Waals surface area contributed by atoms with Gasteiger partial charge in [-0.2, -0.15) is 8.42 Å². The topological polar surface area (TPSA) is 43.4 Å². The van der Waals surface area contributed by atoms with Gasteiger partial charge in [0.2, 0.25) is 0 Å². The van der Waals surface area contributed by atoms with Crippen molar-refractivity contribution in [2.75, 3.05) is 12.4 Å². The average Bonchev–Trinajstić information content (AvgIpc) is 1.96. The highest BCUT2D eigenvalue weighted by atomic mass is 32.2. The third-order valence-electron chi connectivity index (χ3n) is 2.46. The van der Waals surface area contributed by atoms with E-state index in [2.05, 4.69) is 13.8 Å². The molecule has 0 N–H and O–H groups in total. The van der Waals surface area contributed by atoms with Gasteiger partial charge in [-0.05, 0) is 24.2 Å². The van der Waals surface area contributed by atoms with E-state index in [-0.39, 0.29) is 11.2 Å². The summed E-state index contributed by atoms with van der Waals surface area (Å²) in [4.78, 5) is 0. The molecule has 0 aliphatic carbocycles. The lowest BCUT2D eigenvalue weighted by atomic mass is 9.81. The molecule has 1 aliphatic heterocycles. The van der Waals surface area contributed by atoms with Crippen molar-refractivity contribution < 1.29 is 12.6 Å². The summed E-state index contributed by atoms with van der Waals surface area (Å²) in [7, 11) is -3.25. The summed E-state index contributed by atoms with van der Waals surface area (Å²) in [6, 6.07) is 0. The zero-order valence-electron chi connectivity index (χ0n) is 8.54. The van der Waals surface area contributed by atoms with Gasteiger partial charge >= 0.3 is 0 Å². The van der Waals surface area contributed by atoms with Crippen molar-refractivity contribution >= 4 is 10.1 Å². The van der Waals surface area contributed by atoms with Gasteiger partial charge in [0.05, 0.1) is 12.4 Å². The molecule has 1 rings (SSSR count). The van der Waals surface area contributed by atoms with Crippen molar-refractivity contribution in [3.8, 4) is 0 Å². The average molecular weight is 206 g/mol. The van der Waals surface area contributed by atoms with Crippen LogP contribution in [0.1, 0.15) is 33.6 Å². The fourth-order valence-electron chi connectivity index (χ4n) is 1.78. The summed E-state index contributed by atoms with van der Waals surface area (Å²) in [5.41, 5.74) is 0.121. The van der Waals surface area contributed by atoms with Crippen molar-refractivity contribution in [2.24, 2.45) is 11.3 Å². The largest absolute Gasteiger partial charge is 0.270 e. The molecule has 1 atom stereocenters. The van der Waals surface area contributed by atoms with Crippen molar-refractivity contribution in [3.05, 3.63) is 0 Å². The van der Waals surface area contributed by atoms with Gasteiger partial charge in [-0.3, -0.25) is 4.18 Å². The minimum Gasteiger partial charge on any atom is -0.270 e.